The minimum Gasteiger partial charge on any atom is -0.489 e. The topological polar surface area (TPSA) is 330 Å². The number of esters is 1. The molecule has 526 valence electrons. The molecule has 0 spiro atoms. The molecule has 5 amide bonds. The molecule has 4 fully saturated rings. The van der Waals surface area contributed by atoms with Crippen molar-refractivity contribution < 1.29 is 67.7 Å². The van der Waals surface area contributed by atoms with Gasteiger partial charge >= 0.3 is 5.97 Å². The van der Waals surface area contributed by atoms with Crippen LogP contribution in [0.1, 0.15) is 96.9 Å². The van der Waals surface area contributed by atoms with E-state index in [0.29, 0.717) is 80.5 Å². The Morgan fingerprint density at radius 3 is 1.56 bits per heavy atom. The number of aryl methyl sites for hydroxylation is 3. The Morgan fingerprint density at radius 2 is 1.05 bits per heavy atom. The number of nitrogens with one attached hydrogen (secondary N) is 3. The Hall–Kier alpha value is -10.2. The first kappa shape index (κ1) is 72.1. The van der Waals surface area contributed by atoms with Crippen LogP contribution >= 0.6 is 11.6 Å². The summed E-state index contributed by atoms with van der Waals surface area (Å²) in [5.74, 6) is -4.07. The van der Waals surface area contributed by atoms with Crippen LogP contribution in [0, 0.1) is 53.7 Å². The summed E-state index contributed by atoms with van der Waals surface area (Å²) in [6.07, 6.45) is 2.92. The molecule has 4 aliphatic rings. The van der Waals surface area contributed by atoms with Crippen LogP contribution in [0.25, 0.3) is 32.7 Å². The van der Waals surface area contributed by atoms with Crippen LogP contribution in [-0.4, -0.2) is 96.2 Å². The van der Waals surface area contributed by atoms with Gasteiger partial charge in [0.1, 0.15) is 31.3 Å². The lowest BCUT2D eigenvalue weighted by molar-refractivity contribution is -0.156. The fourth-order valence-corrected chi connectivity index (χ4v) is 14.1. The molecular formula is C77H81ClFN9O13. The van der Waals surface area contributed by atoms with Gasteiger partial charge in [0.25, 0.3) is 0 Å². The molecule has 10 N–H and O–H groups in total. The Labute approximate surface area is 587 Å². The number of fused-ring (bicyclic) bond motifs is 3. The quantitative estimate of drug-likeness (QED) is 0.0168. The molecule has 3 aliphatic carbocycles. The van der Waals surface area contributed by atoms with Gasteiger partial charge in [-0.05, 0) is 169 Å². The zero-order valence-electron chi connectivity index (χ0n) is 56.6. The fraction of sp³-hybridized carbons (Fsp3) is 0.338. The van der Waals surface area contributed by atoms with Crippen LogP contribution in [0.15, 0.2) is 152 Å². The zero-order chi connectivity index (χ0) is 71.9. The largest absolute Gasteiger partial charge is 0.489 e. The van der Waals surface area contributed by atoms with Crippen LogP contribution in [0.3, 0.4) is 0 Å². The number of carbonyl (C=O) groups excluding carboxylic acids is 6. The van der Waals surface area contributed by atoms with E-state index in [4.69, 9.17) is 57.6 Å². The Balaban J connectivity index is 0.000000153. The van der Waals surface area contributed by atoms with Crippen molar-refractivity contribution in [2.45, 2.75) is 118 Å². The summed E-state index contributed by atoms with van der Waals surface area (Å²) >= 11 is 6.43. The number of pyridine rings is 3. The standard InChI is InChI=1S/C28H31FN4O4.C26H28N2O5.C23H22ClN3O4/c1-2-20-12-18(21-5-3-4-6-24(21)31-20)16-37-25-8-7-17(11-23(25)29)13-28(14-22(28)26(34)32-36)27(35)33-10-9-19(30)15-33;1-16(2)33-25(30)26(14-22(26)24(29)28-31)13-18-8-10-20(11-9-18)32-15-19-12-17(3)27-23-7-5-4-6-21(19)23;1-13-8-15(16-4-2-3-5-19(16)26-13)12-31-20-7-6-14(9-18(20)24)10-23(22(25)29)11-17(23)21(28)27-30/h3-8,11-12,19,22,36H,2,9-10,13-16,30H2,1H3,(H,32,34);4-12,16,22,31H,13-15H2,1-3H3,(H,28,29);2-9,17,30H,10-12H2,1H3,(H2,25,29)(H,27,28)/t19-,22-,28+;22-,26+;17-,23+/m111/s1. The highest BCUT2D eigenvalue weighted by Gasteiger charge is 2.66. The van der Waals surface area contributed by atoms with Gasteiger partial charge in [-0.25, -0.2) is 20.8 Å². The second kappa shape index (κ2) is 30.7. The molecule has 1 saturated heterocycles. The van der Waals surface area contributed by atoms with Crippen LogP contribution < -0.4 is 42.1 Å². The first-order valence-corrected chi connectivity index (χ1v) is 33.9. The third-order valence-corrected chi connectivity index (χ3v) is 19.7. The Bertz CT molecular complexity index is 4620. The van der Waals surface area contributed by atoms with E-state index < -0.39 is 69.4 Å². The van der Waals surface area contributed by atoms with Gasteiger partial charge in [0, 0.05) is 69.1 Å². The number of hydrogen-bond acceptors (Lipinski definition) is 17. The maximum atomic E-state index is 15.1. The van der Waals surface area contributed by atoms with Gasteiger partial charge in [0.15, 0.2) is 11.6 Å². The highest BCUT2D eigenvalue weighted by Crippen LogP contribution is 2.58. The van der Waals surface area contributed by atoms with Crippen LogP contribution in [0.4, 0.5) is 4.39 Å². The summed E-state index contributed by atoms with van der Waals surface area (Å²) in [4.78, 5) is 89.3. The van der Waals surface area contributed by atoms with Gasteiger partial charge in [-0.2, -0.15) is 0 Å². The number of para-hydroxylation sites is 3. The molecule has 101 heavy (non-hydrogen) atoms. The molecule has 9 aromatic rings. The molecule has 22 nitrogen and oxygen atoms in total. The van der Waals surface area contributed by atoms with Gasteiger partial charge in [-0.3, -0.25) is 59.3 Å². The van der Waals surface area contributed by atoms with Crippen molar-refractivity contribution in [2.24, 2.45) is 45.5 Å². The first-order chi connectivity index (χ1) is 48.5. The number of halogens is 2. The highest BCUT2D eigenvalue weighted by molar-refractivity contribution is 6.32. The number of aromatic nitrogens is 3. The molecule has 24 heteroatoms. The monoisotopic (exact) mass is 1390 g/mol. The van der Waals surface area contributed by atoms with Crippen molar-refractivity contribution >= 4 is 79.8 Å². The van der Waals surface area contributed by atoms with Crippen LogP contribution in [-0.2, 0) is 79.0 Å². The number of benzene rings is 6. The predicted octanol–water partition coefficient (Wildman–Crippen LogP) is 10.6. The summed E-state index contributed by atoms with van der Waals surface area (Å²) in [7, 11) is 0. The number of nitrogens with zero attached hydrogens (tertiary/aromatic N) is 4. The SMILES string of the molecule is CCc1cc(COc2ccc(C[C@]3(C(=O)N4CC[C@@H](N)C4)C[C@@H]3C(=O)NO)cc2F)c2ccccc2n1.Cc1cc(COc2ccc(C[C@]3(C(=O)OC(C)C)C[C@@H]3C(=O)NO)cc2)c2ccccc2n1.Cc1cc(COc2ccc(C[C@]3(C(N)=O)C[C@@H]3C(=O)NO)cc2Cl)c2ccccc2n1. The molecule has 1 aliphatic heterocycles. The number of primary amides is 1. The number of nitrogens with two attached hydrogens (primary N) is 2. The number of ether oxygens (including phenoxy) is 4. The van der Waals surface area contributed by atoms with Crippen molar-refractivity contribution in [2.75, 3.05) is 13.1 Å². The maximum Gasteiger partial charge on any atom is 0.313 e. The highest BCUT2D eigenvalue weighted by atomic mass is 35.5. The number of hydroxylamine groups is 3. The molecule has 0 unspecified atom stereocenters. The van der Waals surface area contributed by atoms with Crippen LogP contribution in [0.5, 0.6) is 17.2 Å². The number of amides is 5. The zero-order valence-corrected chi connectivity index (χ0v) is 57.4. The number of carbonyl (C=O) groups is 6. The summed E-state index contributed by atoms with van der Waals surface area (Å²) in [5, 5.41) is 30.4. The van der Waals surface area contributed by atoms with E-state index in [0.717, 1.165) is 84.0 Å². The van der Waals surface area contributed by atoms with Crippen molar-refractivity contribution in [3.8, 4) is 17.2 Å². The lowest BCUT2D eigenvalue weighted by atomic mass is 9.91. The van der Waals surface area contributed by atoms with Crippen molar-refractivity contribution in [3.05, 3.63) is 213 Å². The van der Waals surface area contributed by atoms with Gasteiger partial charge in [-0.15, -0.1) is 0 Å². The minimum absolute atomic E-state index is 0.0929. The Kier molecular flexibility index (Phi) is 21.9. The fourth-order valence-electron chi connectivity index (χ4n) is 13.8. The molecule has 0 radical (unpaired) electrons. The first-order valence-electron chi connectivity index (χ1n) is 33.5. The third-order valence-electron chi connectivity index (χ3n) is 19.4. The molecule has 3 saturated carbocycles. The molecule has 6 aromatic carbocycles. The van der Waals surface area contributed by atoms with Gasteiger partial charge in [0.05, 0.1) is 61.7 Å². The molecule has 0 bridgehead atoms. The van der Waals surface area contributed by atoms with E-state index in [1.807, 2.05) is 136 Å². The molecular weight excluding hydrogens is 1310 g/mol. The summed E-state index contributed by atoms with van der Waals surface area (Å²) < 4.78 is 38.4. The molecule has 4 heterocycles. The normalized spacial score (nSPS) is 20.7. The van der Waals surface area contributed by atoms with E-state index in [1.165, 1.54) is 6.07 Å². The lowest BCUT2D eigenvalue weighted by Gasteiger charge is -2.24. The van der Waals surface area contributed by atoms with Gasteiger partial charge < -0.3 is 35.3 Å². The van der Waals surface area contributed by atoms with E-state index in [2.05, 4.69) is 15.0 Å². The maximum absolute atomic E-state index is 15.1. The second-order valence-electron chi connectivity index (χ2n) is 26.9. The summed E-state index contributed by atoms with van der Waals surface area (Å²) in [5.41, 5.74) is 24.2. The lowest BCUT2D eigenvalue weighted by Crippen LogP contribution is -2.40. The minimum atomic E-state index is -1.02. The van der Waals surface area contributed by atoms with E-state index in [1.54, 1.807) is 65.5 Å². The predicted molar refractivity (Wildman–Crippen MR) is 373 cm³/mol. The number of rotatable bonds is 23. The average molecular weight is 1390 g/mol. The second-order valence-corrected chi connectivity index (χ2v) is 27.3. The molecule has 3 aromatic heterocycles. The average Bonchev–Trinajstić information content (AvgIpc) is 1.58. The summed E-state index contributed by atoms with van der Waals surface area (Å²) in [6, 6.07) is 46.9. The van der Waals surface area contributed by atoms with E-state index >= 15 is 4.39 Å². The van der Waals surface area contributed by atoms with Gasteiger partial charge in [0.2, 0.25) is 29.5 Å². The number of likely N-dealkylation sites (tertiary alicyclic amines) is 1. The summed E-state index contributed by atoms with van der Waals surface area (Å²) in [6.45, 7) is 11.4. The van der Waals surface area contributed by atoms with Gasteiger partial charge in [-0.1, -0.05) is 97.4 Å². The van der Waals surface area contributed by atoms with Crippen molar-refractivity contribution in [1.29, 1.82) is 0 Å². The molecule has 13 rings (SSSR count). The van der Waals surface area contributed by atoms with E-state index in [-0.39, 0.29) is 43.3 Å². The smallest absolute Gasteiger partial charge is 0.313 e. The van der Waals surface area contributed by atoms with Crippen molar-refractivity contribution in [3.63, 3.8) is 0 Å². The number of hydrogen-bond donors (Lipinski definition) is 8. The third kappa shape index (κ3) is 16.2. The van der Waals surface area contributed by atoms with Crippen LogP contribution in [0.2, 0.25) is 5.02 Å². The van der Waals surface area contributed by atoms with Crippen molar-refractivity contribution in [1.82, 2.24) is 36.3 Å². The molecule has 7 atom stereocenters. The van der Waals surface area contributed by atoms with E-state index in [9.17, 15) is 28.8 Å². The Morgan fingerprint density at radius 1 is 0.594 bits per heavy atom.